The van der Waals surface area contributed by atoms with E-state index in [1.54, 1.807) is 30.3 Å². The van der Waals surface area contributed by atoms with Gasteiger partial charge in [0.1, 0.15) is 5.82 Å². The van der Waals surface area contributed by atoms with Crippen molar-refractivity contribution in [3.05, 3.63) is 99.6 Å². The molecule has 5 nitrogen and oxygen atoms in total. The minimum Gasteiger partial charge on any atom is -0.349 e. The first-order valence-electron chi connectivity index (χ1n) is 11.8. The summed E-state index contributed by atoms with van der Waals surface area (Å²) in [5, 5.41) is 3.92. The van der Waals surface area contributed by atoms with Crippen molar-refractivity contribution in [3.63, 3.8) is 0 Å². The summed E-state index contributed by atoms with van der Waals surface area (Å²) >= 11 is 1.41. The van der Waals surface area contributed by atoms with Gasteiger partial charge >= 0.3 is 0 Å². The van der Waals surface area contributed by atoms with Crippen LogP contribution < -0.4 is 10.9 Å². The molecule has 0 radical (unpaired) electrons. The molecule has 4 aromatic rings. The summed E-state index contributed by atoms with van der Waals surface area (Å²) in [6, 6.07) is 19.3. The van der Waals surface area contributed by atoms with Crippen LogP contribution in [0.25, 0.3) is 16.6 Å². The second-order valence-electron chi connectivity index (χ2n) is 8.98. The van der Waals surface area contributed by atoms with Crippen LogP contribution in [0.5, 0.6) is 0 Å². The number of carbonyl (C=O) groups is 1. The van der Waals surface area contributed by atoms with Gasteiger partial charge in [-0.25, -0.2) is 9.37 Å². The van der Waals surface area contributed by atoms with Crippen molar-refractivity contribution in [1.82, 2.24) is 14.9 Å². The molecule has 3 aromatic carbocycles. The summed E-state index contributed by atoms with van der Waals surface area (Å²) in [4.78, 5) is 31.2. The molecule has 0 aliphatic heterocycles. The van der Waals surface area contributed by atoms with Gasteiger partial charge in [-0.05, 0) is 61.7 Å². The van der Waals surface area contributed by atoms with Gasteiger partial charge in [0.25, 0.3) is 11.5 Å². The van der Waals surface area contributed by atoms with Crippen molar-refractivity contribution in [2.24, 2.45) is 0 Å². The molecule has 0 spiro atoms. The quantitative estimate of drug-likeness (QED) is 0.276. The lowest BCUT2D eigenvalue weighted by Gasteiger charge is -2.15. The summed E-state index contributed by atoms with van der Waals surface area (Å²) in [5.74, 6) is 0.0171. The highest BCUT2D eigenvalue weighted by Gasteiger charge is 2.20. The van der Waals surface area contributed by atoms with Gasteiger partial charge in [-0.1, -0.05) is 60.5 Å². The highest BCUT2D eigenvalue weighted by molar-refractivity contribution is 7.98. The van der Waals surface area contributed by atoms with Crippen LogP contribution in [-0.4, -0.2) is 21.5 Å². The fraction of sp³-hybridized carbons (Fsp3) is 0.250. The molecule has 1 aliphatic rings. The predicted molar refractivity (Wildman–Crippen MR) is 138 cm³/mol. The molecule has 0 unspecified atom stereocenters. The van der Waals surface area contributed by atoms with Crippen molar-refractivity contribution < 1.29 is 9.18 Å². The Labute approximate surface area is 207 Å². The fourth-order valence-corrected chi connectivity index (χ4v) is 5.49. The minimum absolute atomic E-state index is 0.149. The average molecular weight is 488 g/mol. The molecular weight excluding hydrogens is 461 g/mol. The number of rotatable bonds is 6. The Morgan fingerprint density at radius 1 is 1.09 bits per heavy atom. The number of benzene rings is 3. The highest BCUT2D eigenvalue weighted by Crippen LogP contribution is 2.26. The van der Waals surface area contributed by atoms with E-state index in [0.29, 0.717) is 33.1 Å². The van der Waals surface area contributed by atoms with Gasteiger partial charge in [-0.2, -0.15) is 0 Å². The smallest absolute Gasteiger partial charge is 0.266 e. The van der Waals surface area contributed by atoms with E-state index in [0.717, 1.165) is 36.8 Å². The molecule has 0 bridgehead atoms. The number of amides is 1. The Bertz CT molecular complexity index is 1460. The first-order valence-corrected chi connectivity index (χ1v) is 12.8. The van der Waals surface area contributed by atoms with Crippen LogP contribution in [0.3, 0.4) is 0 Å². The Morgan fingerprint density at radius 3 is 2.66 bits per heavy atom. The lowest BCUT2D eigenvalue weighted by Crippen LogP contribution is -2.32. The third-order valence-corrected chi connectivity index (χ3v) is 7.32. The Balaban J connectivity index is 1.56. The largest absolute Gasteiger partial charge is 0.349 e. The molecule has 1 amide bonds. The second kappa shape index (κ2) is 10.0. The number of nitrogens with one attached hydrogen (secondary N) is 1. The number of thioether (sulfide) groups is 1. The molecule has 35 heavy (non-hydrogen) atoms. The molecule has 0 saturated heterocycles. The van der Waals surface area contributed by atoms with E-state index in [1.807, 2.05) is 25.1 Å². The molecular formula is C28H26FN3O2S. The van der Waals surface area contributed by atoms with Gasteiger partial charge in [-0.3, -0.25) is 14.2 Å². The first kappa shape index (κ1) is 23.3. The van der Waals surface area contributed by atoms with E-state index in [1.165, 1.54) is 28.5 Å². The van der Waals surface area contributed by atoms with Crippen molar-refractivity contribution in [1.29, 1.82) is 0 Å². The van der Waals surface area contributed by atoms with Crippen molar-refractivity contribution in [3.8, 4) is 5.69 Å². The number of halogens is 1. The van der Waals surface area contributed by atoms with Crippen LogP contribution in [0.1, 0.15) is 47.2 Å². The van der Waals surface area contributed by atoms with Crippen LogP contribution >= 0.6 is 11.8 Å². The number of hydrogen-bond donors (Lipinski definition) is 1. The third kappa shape index (κ3) is 5.15. The summed E-state index contributed by atoms with van der Waals surface area (Å²) in [6.07, 6.45) is 4.25. The number of aromatic nitrogens is 2. The molecule has 178 valence electrons. The van der Waals surface area contributed by atoms with Crippen molar-refractivity contribution in [2.75, 3.05) is 0 Å². The normalized spacial score (nSPS) is 13.9. The molecule has 1 aliphatic carbocycles. The van der Waals surface area contributed by atoms with Gasteiger partial charge in [0.15, 0.2) is 5.16 Å². The monoisotopic (exact) mass is 487 g/mol. The van der Waals surface area contributed by atoms with E-state index in [2.05, 4.69) is 11.4 Å². The van der Waals surface area contributed by atoms with Crippen LogP contribution in [-0.2, 0) is 5.75 Å². The number of carbonyl (C=O) groups excluding carboxylic acids is 1. The van der Waals surface area contributed by atoms with Crippen LogP contribution in [0.15, 0.2) is 76.7 Å². The number of fused-ring (bicyclic) bond motifs is 1. The van der Waals surface area contributed by atoms with Crippen LogP contribution in [0, 0.1) is 12.7 Å². The molecule has 1 saturated carbocycles. The lowest BCUT2D eigenvalue weighted by molar-refractivity contribution is 0.0938. The van der Waals surface area contributed by atoms with Crippen LogP contribution in [0.4, 0.5) is 4.39 Å². The molecule has 1 fully saturated rings. The van der Waals surface area contributed by atoms with Gasteiger partial charge in [0.05, 0.1) is 16.6 Å². The SMILES string of the molecule is Cc1cccc(CSc2nc3cc(C(=O)NC4CCCC4)ccc3c(=O)n2-c2cccc(F)c2)c1. The molecule has 1 heterocycles. The van der Waals surface area contributed by atoms with Crippen LogP contribution in [0.2, 0.25) is 0 Å². The summed E-state index contributed by atoms with van der Waals surface area (Å²) in [6.45, 7) is 2.03. The van der Waals surface area contributed by atoms with E-state index < -0.39 is 5.82 Å². The minimum atomic E-state index is -0.428. The van der Waals surface area contributed by atoms with E-state index in [-0.39, 0.29) is 17.5 Å². The highest BCUT2D eigenvalue weighted by atomic mass is 32.2. The third-order valence-electron chi connectivity index (χ3n) is 6.31. The second-order valence-corrected chi connectivity index (χ2v) is 9.92. The maximum atomic E-state index is 14.0. The standard InChI is InChI=1S/C28H26FN3O2S/c1-18-6-4-7-19(14-18)17-35-28-31-25-15-20(26(33)30-22-9-2-3-10-22)12-13-24(25)27(34)32(28)23-11-5-8-21(29)16-23/h4-8,11-16,22H,2-3,9-10,17H2,1H3,(H,30,33). The zero-order valence-corrected chi connectivity index (χ0v) is 20.3. The zero-order chi connectivity index (χ0) is 24.4. The van der Waals surface area contributed by atoms with Gasteiger partial charge in [-0.15, -0.1) is 0 Å². The summed E-state index contributed by atoms with van der Waals surface area (Å²) in [7, 11) is 0. The Kier molecular flexibility index (Phi) is 6.68. The number of aryl methyl sites for hydroxylation is 1. The topological polar surface area (TPSA) is 64.0 Å². The molecule has 7 heteroatoms. The Hall–Kier alpha value is -3.45. The maximum absolute atomic E-state index is 14.0. The zero-order valence-electron chi connectivity index (χ0n) is 19.5. The number of nitrogens with zero attached hydrogens (tertiary/aromatic N) is 2. The van der Waals surface area contributed by atoms with Gasteiger partial charge in [0, 0.05) is 17.4 Å². The van der Waals surface area contributed by atoms with Crippen molar-refractivity contribution in [2.45, 2.75) is 49.6 Å². The van der Waals surface area contributed by atoms with Crippen molar-refractivity contribution >= 4 is 28.6 Å². The molecule has 1 N–H and O–H groups in total. The fourth-order valence-electron chi connectivity index (χ4n) is 4.54. The lowest BCUT2D eigenvalue weighted by atomic mass is 10.1. The van der Waals surface area contributed by atoms with E-state index in [4.69, 9.17) is 4.98 Å². The molecule has 1 aromatic heterocycles. The van der Waals surface area contributed by atoms with Gasteiger partial charge in [0.2, 0.25) is 0 Å². The molecule has 5 rings (SSSR count). The molecule has 0 atom stereocenters. The summed E-state index contributed by atoms with van der Waals surface area (Å²) in [5.41, 5.74) is 3.30. The maximum Gasteiger partial charge on any atom is 0.266 e. The predicted octanol–water partition coefficient (Wildman–Crippen LogP) is 5.80. The first-order chi connectivity index (χ1) is 17.0. The van der Waals surface area contributed by atoms with E-state index in [9.17, 15) is 14.0 Å². The average Bonchev–Trinajstić information content (AvgIpc) is 3.35. The van der Waals surface area contributed by atoms with Gasteiger partial charge < -0.3 is 5.32 Å². The number of hydrogen-bond acceptors (Lipinski definition) is 4. The summed E-state index contributed by atoms with van der Waals surface area (Å²) < 4.78 is 15.5. The van der Waals surface area contributed by atoms with E-state index >= 15 is 0 Å². The Morgan fingerprint density at radius 2 is 1.89 bits per heavy atom.